The first-order valence-corrected chi connectivity index (χ1v) is 8.29. The van der Waals surface area contributed by atoms with E-state index in [1.54, 1.807) is 22.7 Å². The molecule has 0 saturated heterocycles. The van der Waals surface area contributed by atoms with Gasteiger partial charge in [-0.2, -0.15) is 0 Å². The SMILES string of the molecule is Cc1csc(Cc2nc(-c3ccc4c(c3)OCO4)cs2)n1. The second kappa shape index (κ2) is 5.13. The van der Waals surface area contributed by atoms with Crippen LogP contribution in [0.25, 0.3) is 11.3 Å². The summed E-state index contributed by atoms with van der Waals surface area (Å²) in [6.45, 7) is 2.31. The van der Waals surface area contributed by atoms with E-state index in [0.29, 0.717) is 6.79 Å². The summed E-state index contributed by atoms with van der Waals surface area (Å²) in [7, 11) is 0. The van der Waals surface area contributed by atoms with Crippen molar-refractivity contribution in [3.8, 4) is 22.8 Å². The Kier molecular flexibility index (Phi) is 3.12. The third-order valence-corrected chi connectivity index (χ3v) is 5.00. The molecule has 0 unspecified atom stereocenters. The quantitative estimate of drug-likeness (QED) is 0.735. The van der Waals surface area contributed by atoms with Gasteiger partial charge in [-0.25, -0.2) is 9.97 Å². The molecule has 3 aromatic rings. The molecule has 0 saturated carbocycles. The average Bonchev–Trinajstić information content (AvgIpc) is 3.19. The van der Waals surface area contributed by atoms with E-state index in [1.165, 1.54) is 0 Å². The van der Waals surface area contributed by atoms with E-state index >= 15 is 0 Å². The molecule has 3 heterocycles. The minimum atomic E-state index is 0.296. The highest BCUT2D eigenvalue weighted by atomic mass is 32.1. The van der Waals surface area contributed by atoms with Gasteiger partial charge in [0.15, 0.2) is 11.5 Å². The fourth-order valence-corrected chi connectivity index (χ4v) is 3.87. The third-order valence-electron chi connectivity index (χ3n) is 3.19. The van der Waals surface area contributed by atoms with Crippen LogP contribution in [0.3, 0.4) is 0 Å². The number of rotatable bonds is 3. The molecule has 0 bridgehead atoms. The molecule has 0 aliphatic carbocycles. The van der Waals surface area contributed by atoms with Gasteiger partial charge in [-0.15, -0.1) is 22.7 Å². The van der Waals surface area contributed by atoms with E-state index in [1.807, 2.05) is 25.1 Å². The molecule has 4 nitrogen and oxygen atoms in total. The summed E-state index contributed by atoms with van der Waals surface area (Å²) in [5.74, 6) is 1.59. The highest BCUT2D eigenvalue weighted by molar-refractivity contribution is 7.11. The number of thiazole rings is 2. The number of ether oxygens (including phenoxy) is 2. The molecule has 0 atom stereocenters. The van der Waals surface area contributed by atoms with E-state index in [-0.39, 0.29) is 0 Å². The van der Waals surface area contributed by atoms with Crippen LogP contribution in [0.5, 0.6) is 11.5 Å². The van der Waals surface area contributed by atoms with E-state index in [0.717, 1.165) is 44.9 Å². The van der Waals surface area contributed by atoms with Crippen LogP contribution in [-0.4, -0.2) is 16.8 Å². The van der Waals surface area contributed by atoms with Gasteiger partial charge in [0.2, 0.25) is 6.79 Å². The maximum atomic E-state index is 5.41. The van der Waals surface area contributed by atoms with Crippen LogP contribution in [0.4, 0.5) is 0 Å². The van der Waals surface area contributed by atoms with Crippen LogP contribution in [0.1, 0.15) is 15.7 Å². The predicted molar refractivity (Wildman–Crippen MR) is 83.3 cm³/mol. The van der Waals surface area contributed by atoms with Crippen molar-refractivity contribution in [2.24, 2.45) is 0 Å². The van der Waals surface area contributed by atoms with Crippen molar-refractivity contribution >= 4 is 22.7 Å². The molecule has 106 valence electrons. The Bertz CT molecular complexity index is 795. The van der Waals surface area contributed by atoms with Gasteiger partial charge in [0.25, 0.3) is 0 Å². The van der Waals surface area contributed by atoms with Crippen molar-refractivity contribution in [1.29, 1.82) is 0 Å². The first-order valence-electron chi connectivity index (χ1n) is 6.53. The van der Waals surface area contributed by atoms with Crippen molar-refractivity contribution < 1.29 is 9.47 Å². The predicted octanol–water partition coefficient (Wildman–Crippen LogP) is 3.89. The summed E-state index contributed by atoms with van der Waals surface area (Å²) in [5.41, 5.74) is 3.10. The summed E-state index contributed by atoms with van der Waals surface area (Å²) < 4.78 is 10.7. The molecule has 4 rings (SSSR count). The molecule has 0 amide bonds. The number of benzene rings is 1. The number of nitrogens with zero attached hydrogens (tertiary/aromatic N) is 2. The van der Waals surface area contributed by atoms with Crippen molar-refractivity contribution in [1.82, 2.24) is 9.97 Å². The fourth-order valence-electron chi connectivity index (χ4n) is 2.19. The van der Waals surface area contributed by atoms with Gasteiger partial charge in [-0.05, 0) is 25.1 Å². The standard InChI is InChI=1S/C15H12N2O2S2/c1-9-6-20-14(16-9)5-15-17-11(7-21-15)10-2-3-12-13(4-10)19-8-18-12/h2-4,6-7H,5,8H2,1H3. The van der Waals surface area contributed by atoms with Crippen LogP contribution in [0.15, 0.2) is 29.0 Å². The zero-order valence-corrected chi connectivity index (χ0v) is 13.0. The minimum Gasteiger partial charge on any atom is -0.454 e. The fraction of sp³-hybridized carbons (Fsp3) is 0.200. The molecule has 6 heteroatoms. The van der Waals surface area contributed by atoms with Gasteiger partial charge >= 0.3 is 0 Å². The van der Waals surface area contributed by atoms with E-state index < -0.39 is 0 Å². The lowest BCUT2D eigenvalue weighted by atomic mass is 10.1. The Labute approximate surface area is 130 Å². The zero-order chi connectivity index (χ0) is 14.2. The first-order chi connectivity index (χ1) is 10.3. The summed E-state index contributed by atoms with van der Waals surface area (Å²) in [5, 5.41) is 6.34. The number of fused-ring (bicyclic) bond motifs is 1. The lowest BCUT2D eigenvalue weighted by Gasteiger charge is -1.99. The highest BCUT2D eigenvalue weighted by Gasteiger charge is 2.15. The zero-order valence-electron chi connectivity index (χ0n) is 11.3. The maximum absolute atomic E-state index is 5.41. The van der Waals surface area contributed by atoms with Crippen molar-refractivity contribution in [3.05, 3.63) is 44.7 Å². The van der Waals surface area contributed by atoms with E-state index in [4.69, 9.17) is 14.5 Å². The molecule has 0 N–H and O–H groups in total. The average molecular weight is 316 g/mol. The molecule has 0 radical (unpaired) electrons. The molecule has 2 aromatic heterocycles. The summed E-state index contributed by atoms with van der Waals surface area (Å²) in [4.78, 5) is 9.18. The summed E-state index contributed by atoms with van der Waals surface area (Å²) in [6, 6.07) is 5.93. The highest BCUT2D eigenvalue weighted by Crippen LogP contribution is 2.36. The minimum absolute atomic E-state index is 0.296. The Morgan fingerprint density at radius 2 is 1.86 bits per heavy atom. The van der Waals surface area contributed by atoms with Crippen molar-refractivity contribution in [3.63, 3.8) is 0 Å². The lowest BCUT2D eigenvalue weighted by Crippen LogP contribution is -1.92. The molecule has 21 heavy (non-hydrogen) atoms. The monoisotopic (exact) mass is 316 g/mol. The molecular weight excluding hydrogens is 304 g/mol. The lowest BCUT2D eigenvalue weighted by molar-refractivity contribution is 0.174. The Morgan fingerprint density at radius 1 is 1.05 bits per heavy atom. The van der Waals surface area contributed by atoms with Crippen LogP contribution in [0, 0.1) is 6.92 Å². The normalized spacial score (nSPS) is 12.8. The van der Waals surface area contributed by atoms with Gasteiger partial charge in [0, 0.05) is 22.0 Å². The second-order valence-electron chi connectivity index (χ2n) is 4.75. The van der Waals surface area contributed by atoms with Gasteiger partial charge in [-0.1, -0.05) is 0 Å². The Hall–Kier alpha value is -1.92. The molecule has 1 aliphatic rings. The Balaban J connectivity index is 1.59. The molecule has 0 fully saturated rings. The van der Waals surface area contributed by atoms with E-state index in [9.17, 15) is 0 Å². The second-order valence-corrected chi connectivity index (χ2v) is 6.64. The first kappa shape index (κ1) is 12.8. The van der Waals surface area contributed by atoms with Crippen molar-refractivity contribution in [2.45, 2.75) is 13.3 Å². The van der Waals surface area contributed by atoms with Crippen LogP contribution >= 0.6 is 22.7 Å². The number of hydrogen-bond acceptors (Lipinski definition) is 6. The molecule has 1 aromatic carbocycles. The largest absolute Gasteiger partial charge is 0.454 e. The van der Waals surface area contributed by atoms with Gasteiger partial charge < -0.3 is 9.47 Å². The molecule has 1 aliphatic heterocycles. The Morgan fingerprint density at radius 3 is 2.71 bits per heavy atom. The number of hydrogen-bond donors (Lipinski definition) is 0. The van der Waals surface area contributed by atoms with Crippen LogP contribution < -0.4 is 9.47 Å². The maximum Gasteiger partial charge on any atom is 0.231 e. The van der Waals surface area contributed by atoms with Gasteiger partial charge in [-0.3, -0.25) is 0 Å². The molecular formula is C15H12N2O2S2. The summed E-state index contributed by atoms with van der Waals surface area (Å²) in [6.07, 6.45) is 0.799. The molecule has 0 spiro atoms. The summed E-state index contributed by atoms with van der Waals surface area (Å²) >= 11 is 3.35. The van der Waals surface area contributed by atoms with E-state index in [2.05, 4.69) is 15.7 Å². The smallest absolute Gasteiger partial charge is 0.231 e. The van der Waals surface area contributed by atoms with Gasteiger partial charge in [0.05, 0.1) is 17.1 Å². The van der Waals surface area contributed by atoms with Gasteiger partial charge in [0.1, 0.15) is 5.01 Å². The number of aromatic nitrogens is 2. The van der Waals surface area contributed by atoms with Crippen molar-refractivity contribution in [2.75, 3.05) is 6.79 Å². The number of aryl methyl sites for hydroxylation is 1. The van der Waals surface area contributed by atoms with Crippen LogP contribution in [-0.2, 0) is 6.42 Å². The van der Waals surface area contributed by atoms with Crippen LogP contribution in [0.2, 0.25) is 0 Å². The third kappa shape index (κ3) is 2.52. The topological polar surface area (TPSA) is 44.2 Å².